The summed E-state index contributed by atoms with van der Waals surface area (Å²) >= 11 is 3.45. The van der Waals surface area contributed by atoms with Crippen LogP contribution < -0.4 is 5.32 Å². The van der Waals surface area contributed by atoms with E-state index in [9.17, 15) is 0 Å². The van der Waals surface area contributed by atoms with Crippen LogP contribution in [0.2, 0.25) is 0 Å². The minimum absolute atomic E-state index is 0.432. The second-order valence-corrected chi connectivity index (χ2v) is 4.73. The number of anilines is 2. The molecule has 0 spiro atoms. The number of aryl methyl sites for hydroxylation is 2. The van der Waals surface area contributed by atoms with Gasteiger partial charge in [-0.3, -0.25) is 0 Å². The standard InChI is InChI=1S/C13H11BrN4/c1-8-5-11(3-4-12(8)14)18-13-10(6-15)7-16-9(2)17-13/h3-5,7H,1-2H3,(H,16,17,18). The van der Waals surface area contributed by atoms with Gasteiger partial charge in [0.15, 0.2) is 5.82 Å². The summed E-state index contributed by atoms with van der Waals surface area (Å²) in [5, 5.41) is 12.1. The Morgan fingerprint density at radius 3 is 2.78 bits per heavy atom. The highest BCUT2D eigenvalue weighted by Gasteiger charge is 2.06. The van der Waals surface area contributed by atoms with Crippen LogP contribution in [0, 0.1) is 25.2 Å². The summed E-state index contributed by atoms with van der Waals surface area (Å²) in [6, 6.07) is 7.94. The zero-order valence-electron chi connectivity index (χ0n) is 10.0. The van der Waals surface area contributed by atoms with Crippen LogP contribution >= 0.6 is 15.9 Å². The van der Waals surface area contributed by atoms with Crippen molar-refractivity contribution in [2.45, 2.75) is 13.8 Å². The normalized spacial score (nSPS) is 9.89. The van der Waals surface area contributed by atoms with Gasteiger partial charge in [-0.15, -0.1) is 0 Å². The van der Waals surface area contributed by atoms with Crippen LogP contribution in [0.3, 0.4) is 0 Å². The van der Waals surface area contributed by atoms with Gasteiger partial charge in [-0.05, 0) is 37.6 Å². The van der Waals surface area contributed by atoms with Gasteiger partial charge in [0.25, 0.3) is 0 Å². The Morgan fingerprint density at radius 1 is 1.33 bits per heavy atom. The molecule has 0 atom stereocenters. The quantitative estimate of drug-likeness (QED) is 0.922. The number of hydrogen-bond donors (Lipinski definition) is 1. The lowest BCUT2D eigenvalue weighted by Crippen LogP contribution is -2.00. The highest BCUT2D eigenvalue weighted by molar-refractivity contribution is 9.10. The molecular weight excluding hydrogens is 292 g/mol. The number of hydrogen-bond acceptors (Lipinski definition) is 4. The van der Waals surface area contributed by atoms with Crippen LogP contribution in [-0.2, 0) is 0 Å². The number of rotatable bonds is 2. The van der Waals surface area contributed by atoms with Gasteiger partial charge < -0.3 is 5.32 Å². The molecule has 0 saturated carbocycles. The molecule has 18 heavy (non-hydrogen) atoms. The first-order valence-corrected chi connectivity index (χ1v) is 6.16. The van der Waals surface area contributed by atoms with Crippen molar-refractivity contribution in [2.75, 3.05) is 5.32 Å². The zero-order chi connectivity index (χ0) is 13.1. The van der Waals surface area contributed by atoms with E-state index in [0.29, 0.717) is 17.2 Å². The molecule has 0 bridgehead atoms. The molecule has 2 rings (SSSR count). The highest BCUT2D eigenvalue weighted by Crippen LogP contribution is 2.23. The fourth-order valence-corrected chi connectivity index (χ4v) is 1.75. The van der Waals surface area contributed by atoms with E-state index in [1.54, 1.807) is 6.92 Å². The first-order valence-electron chi connectivity index (χ1n) is 5.37. The number of benzene rings is 1. The number of nitriles is 1. The second-order valence-electron chi connectivity index (χ2n) is 3.88. The lowest BCUT2D eigenvalue weighted by Gasteiger charge is -2.09. The number of nitrogens with one attached hydrogen (secondary N) is 1. The molecule has 2 aromatic rings. The fraction of sp³-hybridized carbons (Fsp3) is 0.154. The van der Waals surface area contributed by atoms with Crippen molar-refractivity contribution in [2.24, 2.45) is 0 Å². The summed E-state index contributed by atoms with van der Waals surface area (Å²) in [6.07, 6.45) is 1.52. The molecule has 0 amide bonds. The van der Waals surface area contributed by atoms with Crippen molar-refractivity contribution in [1.29, 1.82) is 5.26 Å². The van der Waals surface area contributed by atoms with E-state index in [4.69, 9.17) is 5.26 Å². The molecule has 0 fully saturated rings. The number of halogens is 1. The summed E-state index contributed by atoms with van der Waals surface area (Å²) in [7, 11) is 0. The molecule has 1 heterocycles. The predicted octanol–water partition coefficient (Wildman–Crippen LogP) is 3.47. The Bertz CT molecular complexity index is 631. The van der Waals surface area contributed by atoms with E-state index in [1.807, 2.05) is 25.1 Å². The van der Waals surface area contributed by atoms with E-state index in [1.165, 1.54) is 6.20 Å². The molecule has 0 aliphatic rings. The minimum Gasteiger partial charge on any atom is -0.339 e. The second kappa shape index (κ2) is 5.15. The molecule has 90 valence electrons. The van der Waals surface area contributed by atoms with Gasteiger partial charge in [0.2, 0.25) is 0 Å². The summed E-state index contributed by atoms with van der Waals surface area (Å²) in [6.45, 7) is 3.80. The van der Waals surface area contributed by atoms with Crippen molar-refractivity contribution in [3.05, 3.63) is 45.8 Å². The van der Waals surface area contributed by atoms with Crippen molar-refractivity contribution < 1.29 is 0 Å². The first kappa shape index (κ1) is 12.5. The van der Waals surface area contributed by atoms with Crippen molar-refractivity contribution >= 4 is 27.4 Å². The molecule has 0 saturated heterocycles. The molecule has 4 nitrogen and oxygen atoms in total. The van der Waals surface area contributed by atoms with Gasteiger partial charge in [0.05, 0.1) is 6.20 Å². The first-order chi connectivity index (χ1) is 8.60. The van der Waals surface area contributed by atoms with Crippen LogP contribution in [0.5, 0.6) is 0 Å². The third-order valence-electron chi connectivity index (χ3n) is 2.45. The molecule has 0 aliphatic carbocycles. The lowest BCUT2D eigenvalue weighted by molar-refractivity contribution is 1.05. The van der Waals surface area contributed by atoms with E-state index in [0.717, 1.165) is 15.7 Å². The Balaban J connectivity index is 2.36. The van der Waals surface area contributed by atoms with E-state index in [2.05, 4.69) is 37.3 Å². The molecule has 1 aromatic carbocycles. The molecule has 0 aliphatic heterocycles. The van der Waals surface area contributed by atoms with Gasteiger partial charge in [-0.2, -0.15) is 5.26 Å². The van der Waals surface area contributed by atoms with Gasteiger partial charge >= 0.3 is 0 Å². The Kier molecular flexibility index (Phi) is 3.58. The maximum atomic E-state index is 9.01. The van der Waals surface area contributed by atoms with Gasteiger partial charge in [0, 0.05) is 10.2 Å². The Hall–Kier alpha value is -1.93. The highest BCUT2D eigenvalue weighted by atomic mass is 79.9. The topological polar surface area (TPSA) is 61.6 Å². The van der Waals surface area contributed by atoms with Gasteiger partial charge in [0.1, 0.15) is 17.5 Å². The molecule has 5 heteroatoms. The summed E-state index contributed by atoms with van der Waals surface area (Å²) in [5.41, 5.74) is 2.44. The maximum Gasteiger partial charge on any atom is 0.152 e. The van der Waals surface area contributed by atoms with E-state index in [-0.39, 0.29) is 0 Å². The molecular formula is C13H11BrN4. The molecule has 0 unspecified atom stereocenters. The van der Waals surface area contributed by atoms with Crippen molar-refractivity contribution in [3.8, 4) is 6.07 Å². The van der Waals surface area contributed by atoms with Crippen LogP contribution in [0.1, 0.15) is 17.0 Å². The summed E-state index contributed by atoms with van der Waals surface area (Å²) in [4.78, 5) is 8.24. The van der Waals surface area contributed by atoms with Gasteiger partial charge in [-0.25, -0.2) is 9.97 Å². The third kappa shape index (κ3) is 2.66. The average molecular weight is 303 g/mol. The smallest absolute Gasteiger partial charge is 0.152 e. The lowest BCUT2D eigenvalue weighted by atomic mass is 10.2. The number of nitrogens with zero attached hydrogens (tertiary/aromatic N) is 3. The van der Waals surface area contributed by atoms with Crippen LogP contribution in [0.4, 0.5) is 11.5 Å². The van der Waals surface area contributed by atoms with Crippen molar-refractivity contribution in [1.82, 2.24) is 9.97 Å². The van der Waals surface area contributed by atoms with E-state index >= 15 is 0 Å². The SMILES string of the molecule is Cc1ncc(C#N)c(Nc2ccc(Br)c(C)c2)n1. The fourth-order valence-electron chi connectivity index (χ4n) is 1.51. The van der Waals surface area contributed by atoms with Gasteiger partial charge in [-0.1, -0.05) is 15.9 Å². The Labute approximate surface area is 114 Å². The maximum absolute atomic E-state index is 9.01. The monoisotopic (exact) mass is 302 g/mol. The zero-order valence-corrected chi connectivity index (χ0v) is 11.6. The van der Waals surface area contributed by atoms with Crippen molar-refractivity contribution in [3.63, 3.8) is 0 Å². The summed E-state index contributed by atoms with van der Waals surface area (Å²) in [5.74, 6) is 1.16. The molecule has 1 N–H and O–H groups in total. The largest absolute Gasteiger partial charge is 0.339 e. The van der Waals surface area contributed by atoms with E-state index < -0.39 is 0 Å². The third-order valence-corrected chi connectivity index (χ3v) is 3.34. The molecule has 0 radical (unpaired) electrons. The van der Waals surface area contributed by atoms with Crippen LogP contribution in [-0.4, -0.2) is 9.97 Å². The number of aromatic nitrogens is 2. The van der Waals surface area contributed by atoms with Crippen LogP contribution in [0.15, 0.2) is 28.9 Å². The average Bonchev–Trinajstić information content (AvgIpc) is 2.34. The van der Waals surface area contributed by atoms with Crippen LogP contribution in [0.25, 0.3) is 0 Å². The molecule has 1 aromatic heterocycles. The summed E-state index contributed by atoms with van der Waals surface area (Å²) < 4.78 is 1.05. The minimum atomic E-state index is 0.432. The predicted molar refractivity (Wildman–Crippen MR) is 73.6 cm³/mol. The Morgan fingerprint density at radius 2 is 2.11 bits per heavy atom.